The summed E-state index contributed by atoms with van der Waals surface area (Å²) in [6, 6.07) is 0.223. The van der Waals surface area contributed by atoms with Crippen LogP contribution in [0.4, 0.5) is 0 Å². The molecule has 0 saturated carbocycles. The van der Waals surface area contributed by atoms with Gasteiger partial charge in [0.2, 0.25) is 11.8 Å². The van der Waals surface area contributed by atoms with Gasteiger partial charge in [-0.05, 0) is 39.5 Å². The van der Waals surface area contributed by atoms with Crippen LogP contribution in [0.25, 0.3) is 0 Å². The maximum Gasteiger partial charge on any atom is 0.225 e. The summed E-state index contributed by atoms with van der Waals surface area (Å²) in [7, 11) is 0. The molecule has 1 aromatic heterocycles. The Hall–Kier alpha value is -1.92. The molecule has 2 fully saturated rings. The number of aromatic nitrogens is 3. The van der Waals surface area contributed by atoms with Crippen molar-refractivity contribution in [3.63, 3.8) is 0 Å². The second kappa shape index (κ2) is 6.91. The van der Waals surface area contributed by atoms with Crippen molar-refractivity contribution >= 4 is 11.8 Å². The first-order valence-electron chi connectivity index (χ1n) is 8.89. The number of carbonyl (C=O) groups excluding carboxylic acids is 2. The highest BCUT2D eigenvalue weighted by Crippen LogP contribution is 2.26. The number of hydrogen-bond donors (Lipinski definition) is 0. The normalized spacial score (nSPS) is 22.7. The van der Waals surface area contributed by atoms with Gasteiger partial charge < -0.3 is 9.80 Å². The fourth-order valence-electron chi connectivity index (χ4n) is 3.94. The summed E-state index contributed by atoms with van der Waals surface area (Å²) in [5.74, 6) is 2.11. The molecule has 24 heavy (non-hydrogen) atoms. The zero-order valence-electron chi connectivity index (χ0n) is 14.9. The zero-order chi connectivity index (χ0) is 17.3. The van der Waals surface area contributed by atoms with Gasteiger partial charge in [0.1, 0.15) is 11.6 Å². The van der Waals surface area contributed by atoms with Crippen LogP contribution in [0.3, 0.4) is 0 Å². The second-order valence-electron chi connectivity index (χ2n) is 7.01. The zero-order valence-corrected chi connectivity index (χ0v) is 14.9. The van der Waals surface area contributed by atoms with E-state index in [1.54, 1.807) is 6.92 Å². The SMILES string of the molecule is CC(=O)N1CCC(C(=O)N2CCC[C@H](n3nc(C)nc3C)C2)CC1. The molecule has 132 valence electrons. The number of piperidine rings is 2. The fourth-order valence-corrected chi connectivity index (χ4v) is 3.94. The first-order chi connectivity index (χ1) is 11.5. The van der Waals surface area contributed by atoms with E-state index in [2.05, 4.69) is 10.1 Å². The number of hydrogen-bond acceptors (Lipinski definition) is 4. The molecule has 0 bridgehead atoms. The molecule has 0 unspecified atom stereocenters. The molecule has 2 amide bonds. The van der Waals surface area contributed by atoms with Crippen LogP contribution < -0.4 is 0 Å². The Balaban J connectivity index is 1.61. The van der Waals surface area contributed by atoms with Crippen molar-refractivity contribution in [2.45, 2.75) is 52.5 Å². The summed E-state index contributed by atoms with van der Waals surface area (Å²) >= 11 is 0. The maximum atomic E-state index is 12.9. The van der Waals surface area contributed by atoms with E-state index < -0.39 is 0 Å². The molecule has 0 radical (unpaired) electrons. The third kappa shape index (κ3) is 3.44. The third-order valence-electron chi connectivity index (χ3n) is 5.25. The molecule has 7 nitrogen and oxygen atoms in total. The van der Waals surface area contributed by atoms with Crippen molar-refractivity contribution in [3.05, 3.63) is 11.6 Å². The molecule has 1 atom stereocenters. The average Bonchev–Trinajstić information content (AvgIpc) is 2.93. The molecular weight excluding hydrogens is 306 g/mol. The van der Waals surface area contributed by atoms with Crippen molar-refractivity contribution < 1.29 is 9.59 Å². The van der Waals surface area contributed by atoms with Crippen LogP contribution in [-0.2, 0) is 9.59 Å². The van der Waals surface area contributed by atoms with Crippen LogP contribution in [0.1, 0.15) is 50.3 Å². The molecule has 2 saturated heterocycles. The highest BCUT2D eigenvalue weighted by molar-refractivity contribution is 5.80. The number of nitrogens with zero attached hydrogens (tertiary/aromatic N) is 5. The van der Waals surface area contributed by atoms with Gasteiger partial charge in [-0.2, -0.15) is 5.10 Å². The summed E-state index contributed by atoms with van der Waals surface area (Å²) in [6.45, 7) is 8.41. The Kier molecular flexibility index (Phi) is 4.87. The fraction of sp³-hybridized carbons (Fsp3) is 0.765. The lowest BCUT2D eigenvalue weighted by atomic mass is 9.93. The molecule has 2 aliphatic heterocycles. The van der Waals surface area contributed by atoms with Crippen molar-refractivity contribution in [2.75, 3.05) is 26.2 Å². The summed E-state index contributed by atoms with van der Waals surface area (Å²) in [6.07, 6.45) is 3.60. The topological polar surface area (TPSA) is 71.3 Å². The highest BCUT2D eigenvalue weighted by atomic mass is 16.2. The number of rotatable bonds is 2. The minimum atomic E-state index is 0.0536. The van der Waals surface area contributed by atoms with Gasteiger partial charge >= 0.3 is 0 Å². The first-order valence-corrected chi connectivity index (χ1v) is 8.89. The van der Waals surface area contributed by atoms with Gasteiger partial charge in [-0.1, -0.05) is 0 Å². The van der Waals surface area contributed by atoms with E-state index in [-0.39, 0.29) is 23.8 Å². The van der Waals surface area contributed by atoms with E-state index in [0.717, 1.165) is 50.4 Å². The second-order valence-corrected chi connectivity index (χ2v) is 7.01. The standard InChI is InChI=1S/C17H27N5O2/c1-12-18-13(2)22(19-12)16-5-4-8-21(11-16)17(24)15-6-9-20(10-7-15)14(3)23/h15-16H,4-11H2,1-3H3/t16-/m0/s1. The number of amides is 2. The minimum Gasteiger partial charge on any atom is -0.343 e. The van der Waals surface area contributed by atoms with Crippen LogP contribution in [0.5, 0.6) is 0 Å². The summed E-state index contributed by atoms with van der Waals surface area (Å²) in [5.41, 5.74) is 0. The quantitative estimate of drug-likeness (QED) is 0.818. The Morgan fingerprint density at radius 1 is 1.04 bits per heavy atom. The average molecular weight is 333 g/mol. The van der Waals surface area contributed by atoms with E-state index >= 15 is 0 Å². The molecule has 2 aliphatic rings. The molecule has 1 aromatic rings. The van der Waals surface area contributed by atoms with Gasteiger partial charge in [0.25, 0.3) is 0 Å². The maximum absolute atomic E-state index is 12.9. The van der Waals surface area contributed by atoms with Crippen molar-refractivity contribution in [1.82, 2.24) is 24.6 Å². The largest absolute Gasteiger partial charge is 0.343 e. The Bertz CT molecular complexity index is 618. The number of likely N-dealkylation sites (tertiary alicyclic amines) is 2. The van der Waals surface area contributed by atoms with Crippen LogP contribution >= 0.6 is 0 Å². The molecular formula is C17H27N5O2. The lowest BCUT2D eigenvalue weighted by Crippen LogP contribution is -2.47. The monoisotopic (exact) mass is 333 g/mol. The van der Waals surface area contributed by atoms with Gasteiger partial charge in [0, 0.05) is 39.0 Å². The molecule has 0 spiro atoms. The Morgan fingerprint density at radius 2 is 1.75 bits per heavy atom. The van der Waals surface area contributed by atoms with E-state index in [1.165, 1.54) is 0 Å². The van der Waals surface area contributed by atoms with Crippen molar-refractivity contribution in [1.29, 1.82) is 0 Å². The van der Waals surface area contributed by atoms with E-state index in [9.17, 15) is 9.59 Å². The van der Waals surface area contributed by atoms with Gasteiger partial charge in [-0.25, -0.2) is 9.67 Å². The first kappa shape index (κ1) is 16.9. The van der Waals surface area contributed by atoms with Crippen LogP contribution in [0, 0.1) is 19.8 Å². The van der Waals surface area contributed by atoms with Crippen LogP contribution in [0.15, 0.2) is 0 Å². The number of carbonyl (C=O) groups is 2. The van der Waals surface area contributed by atoms with E-state index in [1.807, 2.05) is 28.3 Å². The smallest absolute Gasteiger partial charge is 0.225 e. The minimum absolute atomic E-state index is 0.0536. The highest BCUT2D eigenvalue weighted by Gasteiger charge is 2.32. The van der Waals surface area contributed by atoms with Gasteiger partial charge in [-0.15, -0.1) is 0 Å². The summed E-state index contributed by atoms with van der Waals surface area (Å²) in [4.78, 5) is 32.5. The molecule has 3 rings (SSSR count). The summed E-state index contributed by atoms with van der Waals surface area (Å²) < 4.78 is 1.98. The molecule has 0 aromatic carbocycles. The molecule has 3 heterocycles. The van der Waals surface area contributed by atoms with Gasteiger partial charge in [0.15, 0.2) is 0 Å². The Labute approximate surface area is 143 Å². The van der Waals surface area contributed by atoms with Crippen LogP contribution in [0.2, 0.25) is 0 Å². The van der Waals surface area contributed by atoms with E-state index in [4.69, 9.17) is 0 Å². The molecule has 0 N–H and O–H groups in total. The van der Waals surface area contributed by atoms with Crippen LogP contribution in [-0.4, -0.2) is 62.6 Å². The lowest BCUT2D eigenvalue weighted by molar-refractivity contribution is -0.141. The van der Waals surface area contributed by atoms with Crippen molar-refractivity contribution in [3.8, 4) is 0 Å². The van der Waals surface area contributed by atoms with Crippen molar-refractivity contribution in [2.24, 2.45) is 5.92 Å². The number of aryl methyl sites for hydroxylation is 2. The predicted octanol–water partition coefficient (Wildman–Crippen LogP) is 1.32. The predicted molar refractivity (Wildman–Crippen MR) is 89.3 cm³/mol. The van der Waals surface area contributed by atoms with Gasteiger partial charge in [-0.3, -0.25) is 9.59 Å². The van der Waals surface area contributed by atoms with E-state index in [0.29, 0.717) is 13.1 Å². The Morgan fingerprint density at radius 3 is 2.33 bits per heavy atom. The lowest BCUT2D eigenvalue weighted by Gasteiger charge is -2.37. The van der Waals surface area contributed by atoms with Gasteiger partial charge in [0.05, 0.1) is 6.04 Å². The third-order valence-corrected chi connectivity index (χ3v) is 5.25. The molecule has 0 aliphatic carbocycles. The summed E-state index contributed by atoms with van der Waals surface area (Å²) in [5, 5.41) is 4.49. The molecule has 7 heteroatoms.